The first-order valence-electron chi connectivity index (χ1n) is 5.69. The molecule has 1 aliphatic heterocycles. The summed E-state index contributed by atoms with van der Waals surface area (Å²) < 4.78 is 0. The summed E-state index contributed by atoms with van der Waals surface area (Å²) in [6.45, 7) is 1.83. The molecule has 0 bridgehead atoms. The Hall–Kier alpha value is -1.33. The van der Waals surface area contributed by atoms with Crippen molar-refractivity contribution in [2.75, 3.05) is 24.5 Å². The van der Waals surface area contributed by atoms with Crippen LogP contribution in [0.4, 0.5) is 5.69 Å². The van der Waals surface area contributed by atoms with Crippen LogP contribution in [-0.4, -0.2) is 30.5 Å². The lowest BCUT2D eigenvalue weighted by atomic mass is 10.2. The number of nitrogens with zero attached hydrogens (tertiary/aromatic N) is 1. The summed E-state index contributed by atoms with van der Waals surface area (Å²) in [5, 5.41) is 3.39. The van der Waals surface area contributed by atoms with Crippen LogP contribution in [0.2, 0.25) is 5.02 Å². The molecule has 0 aromatic heterocycles. The first kappa shape index (κ1) is 13.1. The average molecular weight is 284 g/mol. The number of rotatable bonds is 2. The predicted molar refractivity (Wildman–Crippen MR) is 77.2 cm³/mol. The van der Waals surface area contributed by atoms with Gasteiger partial charge in [0, 0.05) is 18.7 Å². The van der Waals surface area contributed by atoms with Crippen molar-refractivity contribution in [2.24, 2.45) is 5.73 Å². The Bertz CT molecular complexity index is 492. The van der Waals surface area contributed by atoms with Crippen molar-refractivity contribution >= 4 is 40.4 Å². The van der Waals surface area contributed by atoms with Crippen LogP contribution in [-0.2, 0) is 4.79 Å². The van der Waals surface area contributed by atoms with Crippen molar-refractivity contribution in [3.63, 3.8) is 0 Å². The summed E-state index contributed by atoms with van der Waals surface area (Å²) in [6.07, 6.45) is 0.902. The minimum atomic E-state index is 0.0157. The van der Waals surface area contributed by atoms with Gasteiger partial charge in [-0.25, -0.2) is 0 Å². The summed E-state index contributed by atoms with van der Waals surface area (Å²) >= 11 is 11.1. The third-order valence-corrected chi connectivity index (χ3v) is 3.37. The van der Waals surface area contributed by atoms with Gasteiger partial charge >= 0.3 is 0 Å². The van der Waals surface area contributed by atoms with E-state index in [0.717, 1.165) is 24.2 Å². The Labute approximate surface area is 116 Å². The highest BCUT2D eigenvalue weighted by atomic mass is 35.5. The number of anilines is 1. The number of carbonyl (C=O) groups is 1. The maximum Gasteiger partial charge on any atom is 0.239 e. The maximum absolute atomic E-state index is 11.5. The van der Waals surface area contributed by atoms with Crippen LogP contribution in [0, 0.1) is 0 Å². The van der Waals surface area contributed by atoms with Gasteiger partial charge in [0.05, 0.1) is 17.3 Å². The number of hydrogen-bond acceptors (Lipinski definition) is 3. The van der Waals surface area contributed by atoms with Gasteiger partial charge in [-0.2, -0.15) is 0 Å². The standard InChI is InChI=1S/C12H14ClN3OS/c13-9-6-8(12(14)18)2-3-10(9)16-5-1-4-15-11(17)7-16/h2-3,6H,1,4-5,7H2,(H2,14,18)(H,15,17). The zero-order valence-electron chi connectivity index (χ0n) is 9.78. The molecule has 1 amide bonds. The van der Waals surface area contributed by atoms with Crippen molar-refractivity contribution in [3.8, 4) is 0 Å². The monoisotopic (exact) mass is 283 g/mol. The lowest BCUT2D eigenvalue weighted by Gasteiger charge is -2.22. The summed E-state index contributed by atoms with van der Waals surface area (Å²) in [5.74, 6) is 0.0157. The molecule has 96 valence electrons. The fraction of sp³-hybridized carbons (Fsp3) is 0.333. The SMILES string of the molecule is NC(=S)c1ccc(N2CCCNC(=O)C2)c(Cl)c1. The Morgan fingerprint density at radius 2 is 2.28 bits per heavy atom. The lowest BCUT2D eigenvalue weighted by Crippen LogP contribution is -2.33. The van der Waals surface area contributed by atoms with Gasteiger partial charge in [0.1, 0.15) is 4.99 Å². The fourth-order valence-corrected chi connectivity index (χ4v) is 2.36. The number of halogens is 1. The van der Waals surface area contributed by atoms with Gasteiger partial charge in [-0.1, -0.05) is 23.8 Å². The van der Waals surface area contributed by atoms with E-state index in [9.17, 15) is 4.79 Å². The van der Waals surface area contributed by atoms with E-state index < -0.39 is 0 Å². The maximum atomic E-state index is 11.5. The first-order valence-corrected chi connectivity index (χ1v) is 6.47. The molecule has 18 heavy (non-hydrogen) atoms. The topological polar surface area (TPSA) is 58.4 Å². The van der Waals surface area contributed by atoms with E-state index in [2.05, 4.69) is 5.32 Å². The van der Waals surface area contributed by atoms with Crippen LogP contribution >= 0.6 is 23.8 Å². The average Bonchev–Trinajstić information content (AvgIpc) is 2.53. The number of hydrogen-bond donors (Lipinski definition) is 2. The normalized spacial score (nSPS) is 16.1. The molecule has 2 rings (SSSR count). The molecular weight excluding hydrogens is 270 g/mol. The Morgan fingerprint density at radius 1 is 1.50 bits per heavy atom. The van der Waals surface area contributed by atoms with Crippen LogP contribution < -0.4 is 16.0 Å². The number of nitrogens with one attached hydrogen (secondary N) is 1. The molecule has 1 saturated heterocycles. The molecule has 1 fully saturated rings. The summed E-state index contributed by atoms with van der Waals surface area (Å²) in [6, 6.07) is 5.42. The smallest absolute Gasteiger partial charge is 0.239 e. The molecule has 1 aromatic carbocycles. The quantitative estimate of drug-likeness (QED) is 0.804. The number of benzene rings is 1. The minimum Gasteiger partial charge on any atom is -0.389 e. The van der Waals surface area contributed by atoms with Gasteiger partial charge in [0.25, 0.3) is 0 Å². The largest absolute Gasteiger partial charge is 0.389 e. The van der Waals surface area contributed by atoms with Gasteiger partial charge in [-0.05, 0) is 24.6 Å². The van der Waals surface area contributed by atoms with Crippen LogP contribution in [0.3, 0.4) is 0 Å². The highest BCUT2D eigenvalue weighted by molar-refractivity contribution is 7.80. The van der Waals surface area contributed by atoms with Crippen LogP contribution in [0.1, 0.15) is 12.0 Å². The summed E-state index contributed by atoms with van der Waals surface area (Å²) in [5.41, 5.74) is 7.13. The number of carbonyl (C=O) groups excluding carboxylic acids is 1. The van der Waals surface area contributed by atoms with E-state index in [1.807, 2.05) is 17.0 Å². The molecule has 1 aliphatic rings. The first-order chi connectivity index (χ1) is 8.58. The van der Waals surface area contributed by atoms with Crippen molar-refractivity contribution < 1.29 is 4.79 Å². The molecule has 0 saturated carbocycles. The molecule has 0 atom stereocenters. The summed E-state index contributed by atoms with van der Waals surface area (Å²) in [7, 11) is 0. The number of amides is 1. The van der Waals surface area contributed by atoms with Crippen LogP contribution in [0.15, 0.2) is 18.2 Å². The van der Waals surface area contributed by atoms with Gasteiger partial charge in [-0.15, -0.1) is 0 Å². The highest BCUT2D eigenvalue weighted by Crippen LogP contribution is 2.27. The van der Waals surface area contributed by atoms with E-state index in [1.165, 1.54) is 0 Å². The number of thiocarbonyl (C=S) groups is 1. The van der Waals surface area contributed by atoms with Crippen molar-refractivity contribution in [1.82, 2.24) is 5.32 Å². The van der Waals surface area contributed by atoms with Crippen LogP contribution in [0.25, 0.3) is 0 Å². The second-order valence-corrected chi connectivity index (χ2v) is 5.00. The third-order valence-electron chi connectivity index (χ3n) is 2.83. The molecular formula is C12H14ClN3OS. The van der Waals surface area contributed by atoms with E-state index in [-0.39, 0.29) is 5.91 Å². The fourth-order valence-electron chi connectivity index (χ4n) is 1.93. The molecule has 1 heterocycles. The third kappa shape index (κ3) is 2.91. The van der Waals surface area contributed by atoms with Gasteiger partial charge in [0.2, 0.25) is 5.91 Å². The van der Waals surface area contributed by atoms with Gasteiger partial charge in [0.15, 0.2) is 0 Å². The molecule has 0 radical (unpaired) electrons. The molecule has 0 aliphatic carbocycles. The molecule has 3 N–H and O–H groups in total. The van der Waals surface area contributed by atoms with Gasteiger partial charge < -0.3 is 16.0 Å². The Kier molecular flexibility index (Phi) is 4.04. The van der Waals surface area contributed by atoms with E-state index in [0.29, 0.717) is 23.1 Å². The Morgan fingerprint density at radius 3 is 2.94 bits per heavy atom. The highest BCUT2D eigenvalue weighted by Gasteiger charge is 2.17. The molecule has 1 aromatic rings. The van der Waals surface area contributed by atoms with E-state index in [4.69, 9.17) is 29.6 Å². The molecule has 0 unspecified atom stereocenters. The zero-order chi connectivity index (χ0) is 13.1. The van der Waals surface area contributed by atoms with Crippen molar-refractivity contribution in [3.05, 3.63) is 28.8 Å². The van der Waals surface area contributed by atoms with Gasteiger partial charge in [-0.3, -0.25) is 4.79 Å². The summed E-state index contributed by atoms with van der Waals surface area (Å²) in [4.78, 5) is 13.8. The van der Waals surface area contributed by atoms with Crippen molar-refractivity contribution in [2.45, 2.75) is 6.42 Å². The number of nitrogens with two attached hydrogens (primary N) is 1. The zero-order valence-corrected chi connectivity index (χ0v) is 11.4. The minimum absolute atomic E-state index is 0.0157. The van der Waals surface area contributed by atoms with E-state index in [1.54, 1.807) is 6.07 Å². The molecule has 6 heteroatoms. The van der Waals surface area contributed by atoms with E-state index >= 15 is 0 Å². The second kappa shape index (κ2) is 5.54. The van der Waals surface area contributed by atoms with Crippen LogP contribution in [0.5, 0.6) is 0 Å². The van der Waals surface area contributed by atoms with Crippen molar-refractivity contribution in [1.29, 1.82) is 0 Å². The lowest BCUT2D eigenvalue weighted by molar-refractivity contribution is -0.119. The molecule has 4 nitrogen and oxygen atoms in total. The Balaban J connectivity index is 2.27. The molecule has 0 spiro atoms. The second-order valence-electron chi connectivity index (χ2n) is 4.16. The predicted octanol–water partition coefficient (Wildman–Crippen LogP) is 1.30.